The summed E-state index contributed by atoms with van der Waals surface area (Å²) >= 11 is 0. The molecule has 1 aromatic rings. The monoisotopic (exact) mass is 256 g/mol. The van der Waals surface area contributed by atoms with Crippen molar-refractivity contribution in [3.63, 3.8) is 0 Å². The molecule has 0 saturated heterocycles. The molecule has 2 aliphatic rings. The lowest BCUT2D eigenvalue weighted by Crippen LogP contribution is -2.47. The van der Waals surface area contributed by atoms with E-state index >= 15 is 0 Å². The maximum absolute atomic E-state index is 12.7. The molecule has 0 aromatic heterocycles. The Kier molecular flexibility index (Phi) is 2.90. The number of benzene rings is 1. The highest BCUT2D eigenvalue weighted by molar-refractivity contribution is 6.01. The van der Waals surface area contributed by atoms with E-state index in [2.05, 4.69) is 6.07 Å². The molecule has 19 heavy (non-hydrogen) atoms. The third-order valence-electron chi connectivity index (χ3n) is 4.02. The van der Waals surface area contributed by atoms with Crippen LogP contribution in [0.3, 0.4) is 0 Å². The van der Waals surface area contributed by atoms with E-state index in [1.165, 1.54) is 0 Å². The normalized spacial score (nSPS) is 20.3. The molecule has 1 amide bonds. The van der Waals surface area contributed by atoms with Gasteiger partial charge in [0.1, 0.15) is 11.2 Å². The maximum atomic E-state index is 12.7. The van der Waals surface area contributed by atoms with Crippen molar-refractivity contribution < 1.29 is 9.53 Å². The second-order valence-corrected chi connectivity index (χ2v) is 5.17. The molecule has 0 spiro atoms. The summed E-state index contributed by atoms with van der Waals surface area (Å²) < 4.78 is 5.65. The highest BCUT2D eigenvalue weighted by Crippen LogP contribution is 2.44. The minimum absolute atomic E-state index is 0.0563. The molecule has 0 atom stereocenters. The molecule has 0 N–H and O–H groups in total. The van der Waals surface area contributed by atoms with Crippen molar-refractivity contribution in [2.45, 2.75) is 25.7 Å². The smallest absolute Gasteiger partial charge is 0.247 e. The molecule has 4 nitrogen and oxygen atoms in total. The van der Waals surface area contributed by atoms with Crippen molar-refractivity contribution in [1.82, 2.24) is 0 Å². The molecular formula is C15H16N2O2. The number of nitriles is 1. The van der Waals surface area contributed by atoms with E-state index in [0.717, 1.165) is 24.3 Å². The number of carbonyl (C=O) groups excluding carboxylic acids is 1. The third-order valence-corrected chi connectivity index (χ3v) is 4.02. The maximum Gasteiger partial charge on any atom is 0.247 e. The number of hydrogen-bond donors (Lipinski definition) is 0. The second kappa shape index (κ2) is 4.58. The fourth-order valence-electron chi connectivity index (χ4n) is 2.70. The number of para-hydroxylation sites is 2. The van der Waals surface area contributed by atoms with Gasteiger partial charge in [-0.1, -0.05) is 12.1 Å². The number of nitrogens with zero attached hydrogens (tertiary/aromatic N) is 2. The molecule has 4 heteroatoms. The zero-order chi connectivity index (χ0) is 13.3. The summed E-state index contributed by atoms with van der Waals surface area (Å²) in [6, 6.07) is 9.79. The summed E-state index contributed by atoms with van der Waals surface area (Å²) in [7, 11) is 0. The van der Waals surface area contributed by atoms with E-state index < -0.39 is 5.41 Å². The Morgan fingerprint density at radius 3 is 2.79 bits per heavy atom. The van der Waals surface area contributed by atoms with E-state index in [0.29, 0.717) is 26.0 Å². The fraction of sp³-hybridized carbons (Fsp3) is 0.467. The van der Waals surface area contributed by atoms with Gasteiger partial charge in [-0.15, -0.1) is 0 Å². The number of hydrogen-bond acceptors (Lipinski definition) is 3. The van der Waals surface area contributed by atoms with Gasteiger partial charge in [-0.2, -0.15) is 5.26 Å². The highest BCUT2D eigenvalue weighted by atomic mass is 16.5. The van der Waals surface area contributed by atoms with Gasteiger partial charge in [0.2, 0.25) is 5.91 Å². The van der Waals surface area contributed by atoms with Gasteiger partial charge in [0.15, 0.2) is 0 Å². The van der Waals surface area contributed by atoms with Gasteiger partial charge in [0.05, 0.1) is 18.4 Å². The molecule has 98 valence electrons. The molecule has 3 rings (SSSR count). The Labute approximate surface area is 112 Å². The van der Waals surface area contributed by atoms with Crippen LogP contribution in [-0.2, 0) is 4.79 Å². The molecule has 0 radical (unpaired) electrons. The second-order valence-electron chi connectivity index (χ2n) is 5.17. The first kappa shape index (κ1) is 12.0. The van der Waals surface area contributed by atoms with Gasteiger partial charge >= 0.3 is 0 Å². The fourth-order valence-corrected chi connectivity index (χ4v) is 2.70. The average molecular weight is 256 g/mol. The van der Waals surface area contributed by atoms with Crippen molar-refractivity contribution in [2.24, 2.45) is 5.41 Å². The summed E-state index contributed by atoms with van der Waals surface area (Å²) in [6.45, 7) is 1.24. The van der Waals surface area contributed by atoms with Crippen LogP contribution in [0.5, 0.6) is 5.75 Å². The first-order valence-electron chi connectivity index (χ1n) is 6.72. The summed E-state index contributed by atoms with van der Waals surface area (Å²) in [5.41, 5.74) is 0.00351. The van der Waals surface area contributed by atoms with Crippen molar-refractivity contribution >= 4 is 11.6 Å². The number of anilines is 1. The number of carbonyl (C=O) groups is 1. The first-order chi connectivity index (χ1) is 9.27. The van der Waals surface area contributed by atoms with Crippen LogP contribution in [0.1, 0.15) is 25.7 Å². The highest BCUT2D eigenvalue weighted by Gasteiger charge is 2.47. The van der Waals surface area contributed by atoms with Crippen molar-refractivity contribution in [3.05, 3.63) is 24.3 Å². The van der Waals surface area contributed by atoms with Gasteiger partial charge in [0, 0.05) is 6.54 Å². The lowest BCUT2D eigenvalue weighted by Gasteiger charge is -2.37. The summed E-state index contributed by atoms with van der Waals surface area (Å²) in [6.07, 6.45) is 3.12. The van der Waals surface area contributed by atoms with Crippen molar-refractivity contribution in [3.8, 4) is 11.8 Å². The third kappa shape index (κ3) is 1.86. The van der Waals surface area contributed by atoms with Gasteiger partial charge < -0.3 is 9.64 Å². The average Bonchev–Trinajstić information content (AvgIpc) is 2.60. The van der Waals surface area contributed by atoms with Gasteiger partial charge in [-0.25, -0.2) is 0 Å². The molecular weight excluding hydrogens is 240 g/mol. The zero-order valence-electron chi connectivity index (χ0n) is 10.8. The number of amides is 1. The molecule has 1 aliphatic heterocycles. The Bertz CT molecular complexity index is 543. The molecule has 1 aromatic carbocycles. The van der Waals surface area contributed by atoms with Crippen LogP contribution in [0.4, 0.5) is 5.69 Å². The first-order valence-corrected chi connectivity index (χ1v) is 6.72. The predicted molar refractivity (Wildman–Crippen MR) is 70.8 cm³/mol. The van der Waals surface area contributed by atoms with E-state index in [1.54, 1.807) is 4.90 Å². The number of rotatable bonds is 1. The van der Waals surface area contributed by atoms with Crippen LogP contribution in [0.25, 0.3) is 0 Å². The van der Waals surface area contributed by atoms with E-state index in [9.17, 15) is 10.1 Å². The molecule has 1 aliphatic carbocycles. The van der Waals surface area contributed by atoms with E-state index in [-0.39, 0.29) is 5.91 Å². The molecule has 0 unspecified atom stereocenters. The van der Waals surface area contributed by atoms with Crippen molar-refractivity contribution in [2.75, 3.05) is 18.1 Å². The minimum Gasteiger partial charge on any atom is -0.491 e. The SMILES string of the molecule is N#CC1(C(=O)N2CCCOc3ccccc32)CCC1. The number of ether oxygens (including phenoxy) is 1. The Balaban J connectivity index is 1.97. The Hall–Kier alpha value is -2.02. The Morgan fingerprint density at radius 2 is 2.11 bits per heavy atom. The summed E-state index contributed by atoms with van der Waals surface area (Å²) in [5.74, 6) is 0.681. The zero-order valence-corrected chi connectivity index (χ0v) is 10.8. The van der Waals surface area contributed by atoms with Crippen LogP contribution in [0.15, 0.2) is 24.3 Å². The molecule has 1 heterocycles. The lowest BCUT2D eigenvalue weighted by atomic mass is 9.69. The molecule has 1 saturated carbocycles. The van der Waals surface area contributed by atoms with Crippen LogP contribution in [0.2, 0.25) is 0 Å². The van der Waals surface area contributed by atoms with Crippen LogP contribution in [0, 0.1) is 16.7 Å². The predicted octanol–water partition coefficient (Wildman–Crippen LogP) is 2.50. The van der Waals surface area contributed by atoms with E-state index in [1.807, 2.05) is 24.3 Å². The summed E-state index contributed by atoms with van der Waals surface area (Å²) in [5, 5.41) is 9.33. The topological polar surface area (TPSA) is 53.3 Å². The minimum atomic E-state index is -0.794. The van der Waals surface area contributed by atoms with Gasteiger partial charge in [-0.05, 0) is 37.8 Å². The quantitative estimate of drug-likeness (QED) is 0.775. The van der Waals surface area contributed by atoms with Gasteiger partial charge in [-0.3, -0.25) is 4.79 Å². The molecule has 1 fully saturated rings. The molecule has 0 bridgehead atoms. The van der Waals surface area contributed by atoms with Crippen LogP contribution < -0.4 is 9.64 Å². The summed E-state index contributed by atoms with van der Waals surface area (Å²) in [4.78, 5) is 14.4. The lowest BCUT2D eigenvalue weighted by molar-refractivity contribution is -0.128. The van der Waals surface area contributed by atoms with Gasteiger partial charge in [0.25, 0.3) is 0 Å². The van der Waals surface area contributed by atoms with E-state index in [4.69, 9.17) is 4.74 Å². The van der Waals surface area contributed by atoms with Crippen molar-refractivity contribution in [1.29, 1.82) is 5.26 Å². The Morgan fingerprint density at radius 1 is 1.32 bits per heavy atom. The van der Waals surface area contributed by atoms with Crippen LogP contribution in [-0.4, -0.2) is 19.1 Å². The van der Waals surface area contributed by atoms with Crippen LogP contribution >= 0.6 is 0 Å². The standard InChI is InChI=1S/C15H16N2O2/c16-11-15(7-3-8-15)14(18)17-9-4-10-19-13-6-2-1-5-12(13)17/h1-2,5-6H,3-4,7-10H2. The number of fused-ring (bicyclic) bond motifs is 1. The largest absolute Gasteiger partial charge is 0.491 e.